The Morgan fingerprint density at radius 2 is 2.11 bits per heavy atom. The molecule has 1 aliphatic rings. The molecule has 0 radical (unpaired) electrons. The van der Waals surface area contributed by atoms with Crippen LogP contribution in [0.4, 0.5) is 5.69 Å². The lowest BCUT2D eigenvalue weighted by Crippen LogP contribution is -2.29. The molecule has 1 aliphatic carbocycles. The summed E-state index contributed by atoms with van der Waals surface area (Å²) in [6, 6.07) is 2.27. The molecule has 0 aromatic heterocycles. The number of nitrogens with zero attached hydrogens (tertiary/aromatic N) is 1. The Kier molecular flexibility index (Phi) is 3.69. The number of carbonyl (C=O) groups is 1. The molecule has 19 heavy (non-hydrogen) atoms. The summed E-state index contributed by atoms with van der Waals surface area (Å²) in [5.41, 5.74) is -0.0746. The average molecular weight is 303 g/mol. The van der Waals surface area contributed by atoms with Gasteiger partial charge in [0.05, 0.1) is 20.5 Å². The summed E-state index contributed by atoms with van der Waals surface area (Å²) in [5, 5.41) is 13.5. The molecular weight excluding hydrogens is 291 g/mol. The van der Waals surface area contributed by atoms with E-state index in [1.165, 1.54) is 0 Å². The molecule has 2 rings (SSSR count). The topological polar surface area (TPSA) is 72.2 Å². The van der Waals surface area contributed by atoms with Gasteiger partial charge in [-0.25, -0.2) is 0 Å². The molecule has 5 nitrogen and oxygen atoms in total. The number of nitro benzene ring substituents is 1. The number of carbonyl (C=O) groups excluding carboxylic acids is 1. The number of benzene rings is 1. The molecule has 7 heteroatoms. The van der Waals surface area contributed by atoms with Gasteiger partial charge in [0.25, 0.3) is 11.6 Å². The van der Waals surface area contributed by atoms with Crippen LogP contribution in [0, 0.1) is 15.5 Å². The van der Waals surface area contributed by atoms with E-state index in [0.717, 1.165) is 25.0 Å². The van der Waals surface area contributed by atoms with E-state index in [9.17, 15) is 14.9 Å². The van der Waals surface area contributed by atoms with Crippen LogP contribution in [0.3, 0.4) is 0 Å². The van der Waals surface area contributed by atoms with Gasteiger partial charge < -0.3 is 5.32 Å². The van der Waals surface area contributed by atoms with Crippen LogP contribution < -0.4 is 5.32 Å². The molecule has 1 saturated carbocycles. The van der Waals surface area contributed by atoms with Gasteiger partial charge in [-0.3, -0.25) is 14.9 Å². The van der Waals surface area contributed by atoms with Crippen molar-refractivity contribution in [3.8, 4) is 0 Å². The highest BCUT2D eigenvalue weighted by atomic mass is 35.5. The maximum Gasteiger partial charge on any atom is 0.271 e. The highest BCUT2D eigenvalue weighted by Crippen LogP contribution is 2.44. The molecule has 0 atom stereocenters. The largest absolute Gasteiger partial charge is 0.351 e. The lowest BCUT2D eigenvalue weighted by molar-refractivity contribution is -0.384. The minimum atomic E-state index is -0.610. The van der Waals surface area contributed by atoms with Crippen LogP contribution in [-0.4, -0.2) is 17.4 Å². The van der Waals surface area contributed by atoms with Gasteiger partial charge in [0.1, 0.15) is 0 Å². The smallest absolute Gasteiger partial charge is 0.271 e. The number of hydrogen-bond donors (Lipinski definition) is 1. The van der Waals surface area contributed by atoms with Crippen LogP contribution in [0.25, 0.3) is 0 Å². The van der Waals surface area contributed by atoms with Gasteiger partial charge >= 0.3 is 0 Å². The Morgan fingerprint density at radius 3 is 2.63 bits per heavy atom. The van der Waals surface area contributed by atoms with E-state index < -0.39 is 10.8 Å². The summed E-state index contributed by atoms with van der Waals surface area (Å²) in [7, 11) is 0. The SMILES string of the molecule is CC1(CNC(=O)c2cc([N+](=O)[O-])cc(Cl)c2Cl)CC1. The van der Waals surface area contributed by atoms with E-state index in [1.807, 2.05) is 0 Å². The molecular formula is C12H12Cl2N2O3. The van der Waals surface area contributed by atoms with Crippen molar-refractivity contribution in [1.82, 2.24) is 5.32 Å². The molecule has 1 N–H and O–H groups in total. The molecule has 0 saturated heterocycles. The normalized spacial score (nSPS) is 15.9. The van der Waals surface area contributed by atoms with Crippen LogP contribution in [0.15, 0.2) is 12.1 Å². The number of halogens is 2. The standard InChI is InChI=1S/C12H12Cl2N2O3/c1-12(2-3-12)6-15-11(17)8-4-7(16(18)19)5-9(13)10(8)14/h4-5H,2-3,6H2,1H3,(H,15,17). The third-order valence-electron chi connectivity index (χ3n) is 3.25. The Bertz CT molecular complexity index is 556. The second-order valence-electron chi connectivity index (χ2n) is 5.04. The van der Waals surface area contributed by atoms with E-state index >= 15 is 0 Å². The van der Waals surface area contributed by atoms with E-state index in [-0.39, 0.29) is 26.7 Å². The van der Waals surface area contributed by atoms with Gasteiger partial charge in [-0.1, -0.05) is 30.1 Å². The molecule has 0 unspecified atom stereocenters. The molecule has 1 fully saturated rings. The van der Waals surface area contributed by atoms with Gasteiger partial charge in [0.2, 0.25) is 0 Å². The number of hydrogen-bond acceptors (Lipinski definition) is 3. The minimum Gasteiger partial charge on any atom is -0.351 e. The van der Waals surface area contributed by atoms with Crippen molar-refractivity contribution >= 4 is 34.8 Å². The molecule has 1 aromatic carbocycles. The molecule has 1 amide bonds. The summed E-state index contributed by atoms with van der Waals surface area (Å²) in [6.07, 6.45) is 2.13. The number of nitrogens with one attached hydrogen (secondary N) is 1. The van der Waals surface area contributed by atoms with Gasteiger partial charge in [-0.05, 0) is 18.3 Å². The van der Waals surface area contributed by atoms with Crippen molar-refractivity contribution < 1.29 is 9.72 Å². The summed E-state index contributed by atoms with van der Waals surface area (Å²) in [6.45, 7) is 2.60. The quantitative estimate of drug-likeness (QED) is 0.684. The number of amides is 1. The predicted octanol–water partition coefficient (Wildman–Crippen LogP) is 3.43. The van der Waals surface area contributed by atoms with Crippen molar-refractivity contribution in [3.63, 3.8) is 0 Å². The van der Waals surface area contributed by atoms with Crippen LogP contribution in [0.2, 0.25) is 10.0 Å². The maximum atomic E-state index is 12.0. The first-order valence-corrected chi connectivity index (χ1v) is 6.50. The van der Waals surface area contributed by atoms with Crippen molar-refractivity contribution in [1.29, 1.82) is 0 Å². The lowest BCUT2D eigenvalue weighted by Gasteiger charge is -2.11. The van der Waals surface area contributed by atoms with Crippen LogP contribution in [0.5, 0.6) is 0 Å². The Morgan fingerprint density at radius 1 is 1.47 bits per heavy atom. The fourth-order valence-corrected chi connectivity index (χ4v) is 2.03. The van der Waals surface area contributed by atoms with Crippen molar-refractivity contribution in [2.75, 3.05) is 6.54 Å². The summed E-state index contributed by atoms with van der Waals surface area (Å²) < 4.78 is 0. The van der Waals surface area contributed by atoms with Crippen molar-refractivity contribution in [2.45, 2.75) is 19.8 Å². The Labute approximate surface area is 120 Å². The summed E-state index contributed by atoms with van der Waals surface area (Å²) >= 11 is 11.7. The summed E-state index contributed by atoms with van der Waals surface area (Å²) in [4.78, 5) is 22.1. The highest BCUT2D eigenvalue weighted by molar-refractivity contribution is 6.44. The first-order chi connectivity index (χ1) is 8.82. The molecule has 0 bridgehead atoms. The molecule has 0 heterocycles. The van der Waals surface area contributed by atoms with Crippen molar-refractivity contribution in [3.05, 3.63) is 37.9 Å². The maximum absolute atomic E-state index is 12.0. The minimum absolute atomic E-state index is 0.00125. The fourth-order valence-electron chi connectivity index (χ4n) is 1.62. The lowest BCUT2D eigenvalue weighted by atomic mass is 10.1. The number of non-ortho nitro benzene ring substituents is 1. The van der Waals surface area contributed by atoms with Gasteiger partial charge in [-0.2, -0.15) is 0 Å². The second kappa shape index (κ2) is 4.98. The average Bonchev–Trinajstić information content (AvgIpc) is 3.08. The van der Waals surface area contributed by atoms with E-state index in [4.69, 9.17) is 23.2 Å². The molecule has 0 spiro atoms. The van der Waals surface area contributed by atoms with Gasteiger partial charge in [0, 0.05) is 18.7 Å². The summed E-state index contributed by atoms with van der Waals surface area (Å²) in [5.74, 6) is -0.441. The first-order valence-electron chi connectivity index (χ1n) is 5.74. The third-order valence-corrected chi connectivity index (χ3v) is 4.05. The van der Waals surface area contributed by atoms with Crippen LogP contribution in [-0.2, 0) is 0 Å². The van der Waals surface area contributed by atoms with Gasteiger partial charge in [-0.15, -0.1) is 0 Å². The van der Waals surface area contributed by atoms with Crippen LogP contribution >= 0.6 is 23.2 Å². The zero-order chi connectivity index (χ0) is 14.2. The highest BCUT2D eigenvalue weighted by Gasteiger charge is 2.37. The molecule has 0 aliphatic heterocycles. The Balaban J connectivity index is 2.22. The molecule has 1 aromatic rings. The molecule has 102 valence electrons. The number of nitro groups is 1. The first kappa shape index (κ1) is 14.1. The third kappa shape index (κ3) is 3.16. The monoisotopic (exact) mass is 302 g/mol. The van der Waals surface area contributed by atoms with Crippen molar-refractivity contribution in [2.24, 2.45) is 5.41 Å². The predicted molar refractivity (Wildman–Crippen MR) is 72.8 cm³/mol. The van der Waals surface area contributed by atoms with Gasteiger partial charge in [0.15, 0.2) is 0 Å². The second-order valence-corrected chi connectivity index (χ2v) is 5.82. The van der Waals surface area contributed by atoms with E-state index in [0.29, 0.717) is 6.54 Å². The fraction of sp³-hybridized carbons (Fsp3) is 0.417. The van der Waals surface area contributed by atoms with E-state index in [1.54, 1.807) is 0 Å². The zero-order valence-corrected chi connectivity index (χ0v) is 11.7. The van der Waals surface area contributed by atoms with Crippen LogP contribution in [0.1, 0.15) is 30.1 Å². The van der Waals surface area contributed by atoms with E-state index in [2.05, 4.69) is 12.2 Å². The number of rotatable bonds is 4. The Hall–Kier alpha value is -1.33. The zero-order valence-electron chi connectivity index (χ0n) is 10.2.